The van der Waals surface area contributed by atoms with Gasteiger partial charge in [-0.1, -0.05) is 0 Å². The molecule has 1 saturated heterocycles. The number of cyclic esters (lactones) is 1. The van der Waals surface area contributed by atoms with Crippen molar-refractivity contribution in [2.45, 2.75) is 91.0 Å². The molecule has 2 rings (SSSR count). The summed E-state index contributed by atoms with van der Waals surface area (Å²) >= 11 is 0. The number of hydrogen-bond acceptors (Lipinski definition) is 9. The molecular weight excluding hydrogens is 448 g/mol. The van der Waals surface area contributed by atoms with Crippen molar-refractivity contribution in [1.82, 2.24) is 10.6 Å². The number of allylic oxidation sites excluding steroid dienone is 2. The van der Waals surface area contributed by atoms with E-state index >= 15 is 0 Å². The van der Waals surface area contributed by atoms with E-state index in [1.165, 1.54) is 6.92 Å². The Morgan fingerprint density at radius 2 is 1.85 bits per heavy atom. The summed E-state index contributed by atoms with van der Waals surface area (Å²) in [6.45, 7) is 9.87. The lowest BCUT2D eigenvalue weighted by molar-refractivity contribution is -0.167. The van der Waals surface area contributed by atoms with Gasteiger partial charge < -0.3 is 29.6 Å². The molecule has 11 heteroatoms. The quantitative estimate of drug-likeness (QED) is 0.445. The number of fused-ring (bicyclic) bond motifs is 2. The molecule has 0 spiro atoms. The normalized spacial score (nSPS) is 28.8. The first-order valence-corrected chi connectivity index (χ1v) is 11.1. The predicted octanol–water partition coefficient (Wildman–Crippen LogP) is 1.88. The van der Waals surface area contributed by atoms with Gasteiger partial charge in [-0.3, -0.25) is 14.4 Å². The van der Waals surface area contributed by atoms with Crippen LogP contribution in [0.15, 0.2) is 11.3 Å². The molecule has 1 aliphatic carbocycles. The van der Waals surface area contributed by atoms with Gasteiger partial charge >= 0.3 is 24.0 Å². The van der Waals surface area contributed by atoms with Crippen molar-refractivity contribution in [3.8, 4) is 0 Å². The Bertz CT molecular complexity index is 889. The molecule has 0 aromatic rings. The molecule has 0 unspecified atom stereocenters. The first-order chi connectivity index (χ1) is 15.6. The van der Waals surface area contributed by atoms with Crippen LogP contribution in [0.5, 0.6) is 0 Å². The Balaban J connectivity index is 2.43. The van der Waals surface area contributed by atoms with E-state index in [-0.39, 0.29) is 6.42 Å². The highest BCUT2D eigenvalue weighted by molar-refractivity contribution is 5.93. The summed E-state index contributed by atoms with van der Waals surface area (Å²) in [4.78, 5) is 63.5. The van der Waals surface area contributed by atoms with Crippen molar-refractivity contribution in [1.29, 1.82) is 0 Å². The molecular formula is C23H34N2O9. The number of esters is 3. The van der Waals surface area contributed by atoms with Crippen molar-refractivity contribution in [3.63, 3.8) is 0 Å². The van der Waals surface area contributed by atoms with Crippen molar-refractivity contribution >= 4 is 29.9 Å². The second-order valence-corrected chi connectivity index (χ2v) is 9.94. The van der Waals surface area contributed by atoms with Gasteiger partial charge in [0.15, 0.2) is 6.04 Å². The lowest BCUT2D eigenvalue weighted by Crippen LogP contribution is -2.56. The topological polar surface area (TPSA) is 146 Å². The SMILES string of the molecule is COC(=O)[C@H]1NC(=O)[C@@H](NC(=O)OC(C)(C)C)CC(=O)OC2=C(C)CC[C@@](C)(C2)C(=O)O[C@@H]1C. The highest BCUT2D eigenvalue weighted by Gasteiger charge is 2.43. The molecule has 2 N–H and O–H groups in total. The number of methoxy groups -OCH3 is 1. The van der Waals surface area contributed by atoms with Gasteiger partial charge in [0, 0.05) is 6.42 Å². The summed E-state index contributed by atoms with van der Waals surface area (Å²) in [6.07, 6.45) is -1.47. The second kappa shape index (κ2) is 10.4. The molecule has 1 fully saturated rings. The van der Waals surface area contributed by atoms with Gasteiger partial charge in [-0.25, -0.2) is 9.59 Å². The lowest BCUT2D eigenvalue weighted by Gasteiger charge is -2.34. The molecule has 11 nitrogen and oxygen atoms in total. The van der Waals surface area contributed by atoms with Gasteiger partial charge in [-0.05, 0) is 60.0 Å². The summed E-state index contributed by atoms with van der Waals surface area (Å²) in [6, 6.07) is -2.79. The molecule has 4 atom stereocenters. The zero-order valence-electron chi connectivity index (χ0n) is 20.7. The Kier molecular flexibility index (Phi) is 8.33. The fourth-order valence-electron chi connectivity index (χ4n) is 3.63. The highest BCUT2D eigenvalue weighted by atomic mass is 16.6. The van der Waals surface area contributed by atoms with Gasteiger partial charge in [0.1, 0.15) is 23.5 Å². The van der Waals surface area contributed by atoms with Gasteiger partial charge in [-0.15, -0.1) is 0 Å². The van der Waals surface area contributed by atoms with Gasteiger partial charge in [0.25, 0.3) is 0 Å². The van der Waals surface area contributed by atoms with Crippen LogP contribution in [-0.2, 0) is 38.1 Å². The van der Waals surface area contributed by atoms with E-state index < -0.39 is 65.5 Å². The number of ether oxygens (including phenoxy) is 4. The standard InChI is InChI=1S/C23H34N2O9/c1-12-8-9-23(6)11-15(12)33-16(26)10-14(24-21(30)34-22(3,4)5)18(27)25-17(19(28)31-7)13(2)32-20(23)29/h13-14,17H,8-11H2,1-7H3,(H,24,30)(H,25,27)/t13-,14+,17+,23+/m1/s1. The zero-order chi connectivity index (χ0) is 25.8. The number of amides is 2. The van der Waals surface area contributed by atoms with Crippen LogP contribution in [0.1, 0.15) is 67.2 Å². The van der Waals surface area contributed by atoms with Gasteiger partial charge in [-0.2, -0.15) is 0 Å². The summed E-state index contributed by atoms with van der Waals surface area (Å²) < 4.78 is 21.0. The highest BCUT2D eigenvalue weighted by Crippen LogP contribution is 2.41. The summed E-state index contributed by atoms with van der Waals surface area (Å²) in [7, 11) is 1.13. The molecule has 0 aromatic heterocycles. The smallest absolute Gasteiger partial charge is 0.408 e. The van der Waals surface area contributed by atoms with Crippen LogP contribution in [0.2, 0.25) is 0 Å². The van der Waals surface area contributed by atoms with E-state index in [0.29, 0.717) is 18.6 Å². The van der Waals surface area contributed by atoms with Crippen LogP contribution in [0.25, 0.3) is 0 Å². The van der Waals surface area contributed by atoms with Crippen LogP contribution in [0.3, 0.4) is 0 Å². The molecule has 1 aliphatic heterocycles. The molecule has 0 saturated carbocycles. The Labute approximate surface area is 198 Å². The van der Waals surface area contributed by atoms with Crippen molar-refractivity contribution in [2.24, 2.45) is 5.41 Å². The molecule has 1 heterocycles. The van der Waals surface area contributed by atoms with Crippen LogP contribution in [0.4, 0.5) is 4.79 Å². The van der Waals surface area contributed by atoms with E-state index in [1.807, 2.05) is 0 Å². The Morgan fingerprint density at radius 1 is 1.21 bits per heavy atom. The molecule has 2 amide bonds. The average molecular weight is 483 g/mol. The number of hydrogen-bond donors (Lipinski definition) is 2. The van der Waals surface area contributed by atoms with E-state index in [4.69, 9.17) is 18.9 Å². The maximum absolute atomic E-state index is 13.0. The minimum absolute atomic E-state index is 0.116. The molecule has 2 aliphatic rings. The minimum atomic E-state index is -1.42. The van der Waals surface area contributed by atoms with E-state index in [0.717, 1.165) is 12.7 Å². The van der Waals surface area contributed by atoms with Gasteiger partial charge in [0.2, 0.25) is 5.91 Å². The predicted molar refractivity (Wildman–Crippen MR) is 118 cm³/mol. The third kappa shape index (κ3) is 6.94. The third-order valence-electron chi connectivity index (χ3n) is 5.70. The first-order valence-electron chi connectivity index (χ1n) is 11.1. The van der Waals surface area contributed by atoms with Crippen LogP contribution in [-0.4, -0.2) is 60.8 Å². The summed E-state index contributed by atoms with van der Waals surface area (Å²) in [5.41, 5.74) is -1.04. The average Bonchev–Trinajstić information content (AvgIpc) is 2.71. The molecule has 0 aromatic carbocycles. The minimum Gasteiger partial charge on any atom is -0.467 e. The van der Waals surface area contributed by atoms with E-state index in [2.05, 4.69) is 10.6 Å². The van der Waals surface area contributed by atoms with Crippen LogP contribution in [0, 0.1) is 5.41 Å². The summed E-state index contributed by atoms with van der Waals surface area (Å²) in [5, 5.41) is 4.76. The molecule has 2 bridgehead atoms. The van der Waals surface area contributed by atoms with Crippen LogP contribution < -0.4 is 10.6 Å². The van der Waals surface area contributed by atoms with Gasteiger partial charge in [0.05, 0.1) is 18.9 Å². The number of rotatable bonds is 2. The number of nitrogens with one attached hydrogen (secondary N) is 2. The Hall–Kier alpha value is -3.11. The van der Waals surface area contributed by atoms with Crippen molar-refractivity contribution < 1.29 is 42.9 Å². The van der Waals surface area contributed by atoms with Crippen LogP contribution >= 0.6 is 0 Å². The monoisotopic (exact) mass is 482 g/mol. The van der Waals surface area contributed by atoms with E-state index in [1.54, 1.807) is 34.6 Å². The molecule has 0 radical (unpaired) electrons. The maximum atomic E-state index is 13.0. The fraction of sp³-hybridized carbons (Fsp3) is 0.696. The zero-order valence-corrected chi connectivity index (χ0v) is 20.7. The second-order valence-electron chi connectivity index (χ2n) is 9.94. The van der Waals surface area contributed by atoms with E-state index in [9.17, 15) is 24.0 Å². The third-order valence-corrected chi connectivity index (χ3v) is 5.70. The first kappa shape index (κ1) is 27.1. The largest absolute Gasteiger partial charge is 0.467 e. The number of carbonyl (C=O) groups is 5. The van der Waals surface area contributed by atoms with Crippen molar-refractivity contribution in [2.75, 3.05) is 7.11 Å². The maximum Gasteiger partial charge on any atom is 0.408 e. The fourth-order valence-corrected chi connectivity index (χ4v) is 3.63. The molecule has 190 valence electrons. The number of alkyl carbamates (subject to hydrolysis) is 1. The Morgan fingerprint density at radius 3 is 2.44 bits per heavy atom. The summed E-state index contributed by atoms with van der Waals surface area (Å²) in [5.74, 6) is -2.78. The molecule has 34 heavy (non-hydrogen) atoms. The lowest BCUT2D eigenvalue weighted by atomic mass is 9.76. The van der Waals surface area contributed by atoms with Crippen molar-refractivity contribution in [3.05, 3.63) is 11.3 Å². The number of carbonyl (C=O) groups excluding carboxylic acids is 5.